The third kappa shape index (κ3) is 3.34. The largest absolute Gasteiger partial charge is 0.359 e. The van der Waals surface area contributed by atoms with Gasteiger partial charge in [-0.05, 0) is 32.6 Å². The molecule has 0 radical (unpaired) electrons. The molecule has 1 N–H and O–H groups in total. The molecule has 0 amide bonds. The summed E-state index contributed by atoms with van der Waals surface area (Å²) in [5.74, 6) is 2.61. The Labute approximate surface area is 110 Å². The number of anilines is 2. The zero-order valence-corrected chi connectivity index (χ0v) is 11.7. The van der Waals surface area contributed by atoms with Crippen LogP contribution in [0.5, 0.6) is 0 Å². The van der Waals surface area contributed by atoms with Gasteiger partial charge in [0.05, 0.1) is 0 Å². The third-order valence-electron chi connectivity index (χ3n) is 3.57. The minimum Gasteiger partial charge on any atom is -0.359 e. The number of rotatable bonds is 5. The molecule has 1 saturated carbocycles. The van der Waals surface area contributed by atoms with E-state index in [-0.39, 0.29) is 0 Å². The zero-order valence-electron chi connectivity index (χ0n) is 11.7. The molecule has 4 nitrogen and oxygen atoms in total. The maximum atomic E-state index is 4.57. The van der Waals surface area contributed by atoms with Gasteiger partial charge in [-0.25, -0.2) is 4.98 Å². The summed E-state index contributed by atoms with van der Waals surface area (Å²) in [6.07, 6.45) is 5.52. The average Bonchev–Trinajstić information content (AvgIpc) is 2.81. The summed E-state index contributed by atoms with van der Waals surface area (Å²) >= 11 is 0. The Balaban J connectivity index is 2.05. The lowest BCUT2D eigenvalue weighted by atomic mass is 10.1. The van der Waals surface area contributed by atoms with Crippen LogP contribution in [0.25, 0.3) is 0 Å². The molecule has 0 atom stereocenters. The molecule has 0 spiro atoms. The molecule has 1 aliphatic rings. The van der Waals surface area contributed by atoms with E-state index in [0.717, 1.165) is 36.5 Å². The van der Waals surface area contributed by atoms with Crippen LogP contribution in [-0.4, -0.2) is 30.1 Å². The fraction of sp³-hybridized carbons (Fsp3) is 0.714. The summed E-state index contributed by atoms with van der Waals surface area (Å²) in [4.78, 5) is 11.2. The van der Waals surface area contributed by atoms with Crippen molar-refractivity contribution in [1.29, 1.82) is 0 Å². The molecular formula is C14H24N4. The molecule has 0 bridgehead atoms. The van der Waals surface area contributed by atoms with E-state index in [4.69, 9.17) is 0 Å². The quantitative estimate of drug-likeness (QED) is 0.870. The predicted molar refractivity (Wildman–Crippen MR) is 76.2 cm³/mol. The Hall–Kier alpha value is -1.32. The summed E-state index contributed by atoms with van der Waals surface area (Å²) in [7, 11) is 2.13. The van der Waals surface area contributed by atoms with E-state index in [0.29, 0.717) is 0 Å². The van der Waals surface area contributed by atoms with E-state index in [2.05, 4.69) is 40.2 Å². The van der Waals surface area contributed by atoms with Gasteiger partial charge in [-0.3, -0.25) is 0 Å². The molecule has 1 heterocycles. The van der Waals surface area contributed by atoms with Crippen molar-refractivity contribution in [1.82, 2.24) is 9.97 Å². The molecule has 2 rings (SSSR count). The minimum absolute atomic E-state index is 0.741. The normalized spacial score (nSPS) is 15.9. The summed E-state index contributed by atoms with van der Waals surface area (Å²) < 4.78 is 0. The second-order valence-electron chi connectivity index (χ2n) is 5.25. The van der Waals surface area contributed by atoms with E-state index in [1.54, 1.807) is 0 Å². The molecule has 4 heteroatoms. The molecule has 1 aliphatic carbocycles. The first-order chi connectivity index (χ1) is 8.69. The third-order valence-corrected chi connectivity index (χ3v) is 3.57. The summed E-state index contributed by atoms with van der Waals surface area (Å²) in [6.45, 7) is 6.06. The number of nitrogens with one attached hydrogen (secondary N) is 1. The molecule has 100 valence electrons. The molecule has 1 aromatic heterocycles. The SMILES string of the molecule is CCNc1nc(C)cc(N(C)CC2CCCC2)n1. The van der Waals surface area contributed by atoms with E-state index in [1.165, 1.54) is 25.7 Å². The van der Waals surface area contributed by atoms with Gasteiger partial charge in [-0.15, -0.1) is 0 Å². The second-order valence-corrected chi connectivity index (χ2v) is 5.25. The van der Waals surface area contributed by atoms with Gasteiger partial charge in [0.2, 0.25) is 5.95 Å². The Kier molecular flexibility index (Phi) is 4.39. The Morgan fingerprint density at radius 1 is 1.33 bits per heavy atom. The molecule has 1 fully saturated rings. The fourth-order valence-corrected chi connectivity index (χ4v) is 2.66. The van der Waals surface area contributed by atoms with Crippen molar-refractivity contribution < 1.29 is 0 Å². The van der Waals surface area contributed by atoms with E-state index >= 15 is 0 Å². The highest BCUT2D eigenvalue weighted by Crippen LogP contribution is 2.26. The first kappa shape index (κ1) is 13.1. The van der Waals surface area contributed by atoms with Gasteiger partial charge in [0.15, 0.2) is 0 Å². The molecule has 0 unspecified atom stereocenters. The van der Waals surface area contributed by atoms with Gasteiger partial charge >= 0.3 is 0 Å². The first-order valence-electron chi connectivity index (χ1n) is 6.99. The molecule has 18 heavy (non-hydrogen) atoms. The van der Waals surface area contributed by atoms with Gasteiger partial charge < -0.3 is 10.2 Å². The molecule has 0 aromatic carbocycles. The van der Waals surface area contributed by atoms with Crippen molar-refractivity contribution in [3.05, 3.63) is 11.8 Å². The van der Waals surface area contributed by atoms with Gasteiger partial charge in [0, 0.05) is 31.9 Å². The van der Waals surface area contributed by atoms with Crippen LogP contribution in [0.15, 0.2) is 6.07 Å². The van der Waals surface area contributed by atoms with Crippen LogP contribution in [0.3, 0.4) is 0 Å². The summed E-state index contributed by atoms with van der Waals surface area (Å²) in [6, 6.07) is 2.07. The zero-order chi connectivity index (χ0) is 13.0. The van der Waals surface area contributed by atoms with Crippen LogP contribution in [0, 0.1) is 12.8 Å². The monoisotopic (exact) mass is 248 g/mol. The Bertz CT molecular complexity index is 385. The maximum absolute atomic E-state index is 4.57. The number of aromatic nitrogens is 2. The van der Waals surface area contributed by atoms with Crippen molar-refractivity contribution in [2.45, 2.75) is 39.5 Å². The maximum Gasteiger partial charge on any atom is 0.224 e. The molecule has 0 saturated heterocycles. The topological polar surface area (TPSA) is 41.1 Å². The Morgan fingerprint density at radius 2 is 2.06 bits per heavy atom. The van der Waals surface area contributed by atoms with Gasteiger partial charge in [-0.2, -0.15) is 4.98 Å². The molecule has 0 aliphatic heterocycles. The van der Waals surface area contributed by atoms with Gasteiger partial charge in [0.1, 0.15) is 5.82 Å². The van der Waals surface area contributed by atoms with Crippen LogP contribution in [0.1, 0.15) is 38.3 Å². The number of hydrogen-bond acceptors (Lipinski definition) is 4. The number of nitrogens with zero attached hydrogens (tertiary/aromatic N) is 3. The van der Waals surface area contributed by atoms with Gasteiger partial charge in [-0.1, -0.05) is 12.8 Å². The van der Waals surface area contributed by atoms with E-state index in [1.807, 2.05) is 6.92 Å². The lowest BCUT2D eigenvalue weighted by Gasteiger charge is -2.22. The fourth-order valence-electron chi connectivity index (χ4n) is 2.66. The smallest absolute Gasteiger partial charge is 0.224 e. The van der Waals surface area contributed by atoms with Crippen LogP contribution in [0.4, 0.5) is 11.8 Å². The Morgan fingerprint density at radius 3 is 2.72 bits per heavy atom. The minimum atomic E-state index is 0.741. The number of aryl methyl sites for hydroxylation is 1. The van der Waals surface area contributed by atoms with Crippen LogP contribution in [0.2, 0.25) is 0 Å². The summed E-state index contributed by atoms with van der Waals surface area (Å²) in [5, 5.41) is 3.19. The van der Waals surface area contributed by atoms with Crippen molar-refractivity contribution in [2.24, 2.45) is 5.92 Å². The molecule has 1 aromatic rings. The van der Waals surface area contributed by atoms with Crippen LogP contribution in [-0.2, 0) is 0 Å². The number of hydrogen-bond donors (Lipinski definition) is 1. The standard InChI is InChI=1S/C14H24N4/c1-4-15-14-16-11(2)9-13(17-14)18(3)10-12-7-5-6-8-12/h9,12H,4-8,10H2,1-3H3,(H,15,16,17). The highest BCUT2D eigenvalue weighted by Gasteiger charge is 2.18. The average molecular weight is 248 g/mol. The van der Waals surface area contributed by atoms with Gasteiger partial charge in [0.25, 0.3) is 0 Å². The molecular weight excluding hydrogens is 224 g/mol. The van der Waals surface area contributed by atoms with E-state index < -0.39 is 0 Å². The van der Waals surface area contributed by atoms with Crippen molar-refractivity contribution in [3.63, 3.8) is 0 Å². The van der Waals surface area contributed by atoms with Crippen LogP contribution < -0.4 is 10.2 Å². The first-order valence-corrected chi connectivity index (χ1v) is 6.99. The lowest BCUT2D eigenvalue weighted by Crippen LogP contribution is -2.25. The predicted octanol–water partition coefficient (Wildman–Crippen LogP) is 2.84. The second kappa shape index (κ2) is 6.03. The van der Waals surface area contributed by atoms with Crippen LogP contribution >= 0.6 is 0 Å². The highest BCUT2D eigenvalue weighted by molar-refractivity contribution is 5.44. The van der Waals surface area contributed by atoms with Crippen molar-refractivity contribution in [3.8, 4) is 0 Å². The summed E-state index contributed by atoms with van der Waals surface area (Å²) in [5.41, 5.74) is 1.02. The highest BCUT2D eigenvalue weighted by atomic mass is 15.2. The van der Waals surface area contributed by atoms with Crippen molar-refractivity contribution >= 4 is 11.8 Å². The van der Waals surface area contributed by atoms with E-state index in [9.17, 15) is 0 Å². The van der Waals surface area contributed by atoms with Crippen molar-refractivity contribution in [2.75, 3.05) is 30.4 Å². The lowest BCUT2D eigenvalue weighted by molar-refractivity contribution is 0.545.